The van der Waals surface area contributed by atoms with Crippen molar-refractivity contribution < 1.29 is 4.79 Å². The van der Waals surface area contributed by atoms with Crippen molar-refractivity contribution >= 4 is 45.0 Å². The first-order valence-electron chi connectivity index (χ1n) is 7.02. The monoisotopic (exact) mass is 358 g/mol. The Balaban J connectivity index is 1.81. The van der Waals surface area contributed by atoms with E-state index in [0.29, 0.717) is 5.69 Å². The molecule has 1 aromatic carbocycles. The van der Waals surface area contributed by atoms with Crippen molar-refractivity contribution in [2.75, 3.05) is 0 Å². The Bertz CT molecular complexity index is 766. The van der Waals surface area contributed by atoms with Crippen LogP contribution in [0.4, 0.5) is 0 Å². The topological polar surface area (TPSA) is 81.2 Å². The van der Waals surface area contributed by atoms with Gasteiger partial charge in [-0.1, -0.05) is 15.9 Å². The van der Waals surface area contributed by atoms with Crippen molar-refractivity contribution in [3.63, 3.8) is 0 Å². The molecule has 1 aliphatic carbocycles. The quantitative estimate of drug-likeness (QED) is 0.672. The molecular weight excluding hydrogens is 344 g/mol. The number of rotatable bonds is 4. The summed E-state index contributed by atoms with van der Waals surface area (Å²) in [6.45, 7) is 0. The van der Waals surface area contributed by atoms with Crippen LogP contribution in [0.15, 0.2) is 40.1 Å². The predicted molar refractivity (Wildman–Crippen MR) is 90.5 cm³/mol. The Kier molecular flexibility index (Phi) is 4.29. The molecule has 0 saturated heterocycles. The molecule has 0 radical (unpaired) electrons. The van der Waals surface area contributed by atoms with Crippen molar-refractivity contribution in [2.24, 2.45) is 16.6 Å². The number of nitrogens with zero attached hydrogens (tertiary/aromatic N) is 3. The third-order valence-electron chi connectivity index (χ3n) is 3.75. The number of carbonyl (C=O) groups excluding carboxylic acids is 1. The number of aldehydes is 1. The maximum atomic E-state index is 10.6. The molecule has 1 aliphatic rings. The second kappa shape index (κ2) is 6.36. The van der Waals surface area contributed by atoms with E-state index in [2.05, 4.69) is 30.9 Å². The molecule has 112 valence electrons. The van der Waals surface area contributed by atoms with Crippen LogP contribution in [0.3, 0.4) is 0 Å². The number of carbonyl (C=O) groups is 1. The van der Waals surface area contributed by atoms with Crippen LogP contribution in [0.25, 0.3) is 16.6 Å². The van der Waals surface area contributed by atoms with Gasteiger partial charge in [0.1, 0.15) is 6.29 Å². The Morgan fingerprint density at radius 2 is 2.18 bits per heavy atom. The highest BCUT2D eigenvalue weighted by Gasteiger charge is 2.27. The summed E-state index contributed by atoms with van der Waals surface area (Å²) in [6.07, 6.45) is 7.52. The van der Waals surface area contributed by atoms with Crippen molar-refractivity contribution in [3.05, 3.63) is 40.8 Å². The van der Waals surface area contributed by atoms with Gasteiger partial charge >= 0.3 is 0 Å². The largest absolute Gasteiger partial charge is 0.404 e. The molecule has 2 aromatic rings. The summed E-state index contributed by atoms with van der Waals surface area (Å²) >= 11 is 3.43. The number of benzene rings is 1. The fourth-order valence-corrected chi connectivity index (χ4v) is 2.72. The van der Waals surface area contributed by atoms with Gasteiger partial charge in [-0.15, -0.1) is 0 Å². The summed E-state index contributed by atoms with van der Waals surface area (Å²) in [4.78, 5) is 24.0. The van der Waals surface area contributed by atoms with Gasteiger partial charge in [-0.25, -0.2) is 4.98 Å². The fraction of sp³-hybridized carbons (Fsp3) is 0.250. The Morgan fingerprint density at radius 3 is 2.91 bits per heavy atom. The van der Waals surface area contributed by atoms with E-state index in [1.54, 1.807) is 12.4 Å². The number of aromatic nitrogens is 2. The molecule has 0 amide bonds. The molecule has 0 spiro atoms. The minimum Gasteiger partial charge on any atom is -0.404 e. The molecule has 3 rings (SSSR count). The highest BCUT2D eigenvalue weighted by atomic mass is 79.9. The molecule has 0 atom stereocenters. The number of allylic oxidation sites excluding steroid dienone is 1. The first kappa shape index (κ1) is 14.8. The van der Waals surface area contributed by atoms with Crippen LogP contribution in [0.1, 0.15) is 18.5 Å². The number of aliphatic imine (C=N–C) groups is 1. The summed E-state index contributed by atoms with van der Waals surface area (Å²) in [6, 6.07) is 5.95. The molecule has 1 fully saturated rings. The zero-order chi connectivity index (χ0) is 15.5. The number of halogens is 1. The van der Waals surface area contributed by atoms with Crippen molar-refractivity contribution in [1.82, 2.24) is 9.97 Å². The molecular formula is C16H15BrN4O. The normalized spacial score (nSPS) is 22.0. The van der Waals surface area contributed by atoms with Gasteiger partial charge in [0.25, 0.3) is 0 Å². The lowest BCUT2D eigenvalue weighted by Crippen LogP contribution is -2.28. The maximum Gasteiger partial charge on any atom is 0.123 e. The third kappa shape index (κ3) is 3.06. The van der Waals surface area contributed by atoms with Crippen LogP contribution in [0.2, 0.25) is 0 Å². The van der Waals surface area contributed by atoms with Crippen molar-refractivity contribution in [1.29, 1.82) is 0 Å². The molecule has 0 aliphatic heterocycles. The molecule has 1 heterocycles. The van der Waals surface area contributed by atoms with Crippen molar-refractivity contribution in [3.8, 4) is 0 Å². The van der Waals surface area contributed by atoms with E-state index < -0.39 is 0 Å². The van der Waals surface area contributed by atoms with Gasteiger partial charge in [-0.2, -0.15) is 0 Å². The highest BCUT2D eigenvalue weighted by molar-refractivity contribution is 9.10. The first-order chi connectivity index (χ1) is 10.7. The average molecular weight is 359 g/mol. The number of fused-ring (bicyclic) bond motifs is 1. The van der Waals surface area contributed by atoms with E-state index in [0.717, 1.165) is 40.2 Å². The smallest absolute Gasteiger partial charge is 0.123 e. The molecule has 2 N–H and O–H groups in total. The van der Waals surface area contributed by atoms with Crippen LogP contribution in [-0.4, -0.2) is 28.5 Å². The number of nitrogens with two attached hydrogens (primary N) is 1. The second-order valence-corrected chi connectivity index (χ2v) is 6.23. The van der Waals surface area contributed by atoms with E-state index in [9.17, 15) is 4.79 Å². The van der Waals surface area contributed by atoms with Crippen LogP contribution in [0, 0.1) is 5.92 Å². The summed E-state index contributed by atoms with van der Waals surface area (Å²) in [5.74, 6) is 0.158. The number of hydrogen-bond donors (Lipinski definition) is 1. The van der Waals surface area contributed by atoms with Crippen molar-refractivity contribution in [2.45, 2.75) is 18.9 Å². The van der Waals surface area contributed by atoms with Crippen LogP contribution in [-0.2, 0) is 4.79 Å². The predicted octanol–water partition coefficient (Wildman–Crippen LogP) is 2.74. The van der Waals surface area contributed by atoms with E-state index in [1.165, 1.54) is 6.20 Å². The Morgan fingerprint density at radius 1 is 1.36 bits per heavy atom. The SMILES string of the molecule is NC=C(C=NC1CC(C=O)C1)c1cnc2ccc(Br)cc2n1. The third-order valence-corrected chi connectivity index (χ3v) is 4.24. The van der Waals surface area contributed by atoms with Gasteiger partial charge < -0.3 is 10.5 Å². The van der Waals surface area contributed by atoms with Gasteiger partial charge in [0.15, 0.2) is 0 Å². The average Bonchev–Trinajstić information content (AvgIpc) is 2.49. The first-order valence-corrected chi connectivity index (χ1v) is 7.82. The van der Waals surface area contributed by atoms with E-state index in [1.807, 2.05) is 18.2 Å². The summed E-state index contributed by atoms with van der Waals surface area (Å²) in [5, 5.41) is 0. The summed E-state index contributed by atoms with van der Waals surface area (Å²) in [5.41, 5.74) is 8.72. The zero-order valence-corrected chi connectivity index (χ0v) is 13.4. The second-order valence-electron chi connectivity index (χ2n) is 5.31. The minimum atomic E-state index is 0.158. The van der Waals surface area contributed by atoms with Gasteiger partial charge in [0.05, 0.1) is 29.0 Å². The van der Waals surface area contributed by atoms with E-state index in [4.69, 9.17) is 5.73 Å². The standard InChI is InChI=1S/C16H15BrN4O/c17-12-1-2-14-15(5-12)21-16(8-20-14)11(6-18)7-19-13-3-10(4-13)9-22/h1-2,5-10,13H,3-4,18H2. The number of hydrogen-bond acceptors (Lipinski definition) is 5. The molecule has 22 heavy (non-hydrogen) atoms. The van der Waals surface area contributed by atoms with Gasteiger partial charge in [0.2, 0.25) is 0 Å². The molecule has 0 unspecified atom stereocenters. The molecule has 6 heteroatoms. The van der Waals surface area contributed by atoms with Gasteiger partial charge in [-0.3, -0.25) is 9.98 Å². The maximum absolute atomic E-state index is 10.6. The molecule has 1 saturated carbocycles. The molecule has 1 aromatic heterocycles. The lowest BCUT2D eigenvalue weighted by atomic mass is 9.82. The Hall–Kier alpha value is -2.08. The summed E-state index contributed by atoms with van der Waals surface area (Å²) < 4.78 is 0.952. The lowest BCUT2D eigenvalue weighted by Gasteiger charge is -2.27. The Labute approximate surface area is 136 Å². The van der Waals surface area contributed by atoms with Gasteiger partial charge in [0, 0.05) is 28.4 Å². The summed E-state index contributed by atoms with van der Waals surface area (Å²) in [7, 11) is 0. The van der Waals surface area contributed by atoms with Crippen LogP contribution in [0.5, 0.6) is 0 Å². The van der Waals surface area contributed by atoms with E-state index >= 15 is 0 Å². The fourth-order valence-electron chi connectivity index (χ4n) is 2.37. The van der Waals surface area contributed by atoms with Crippen LogP contribution >= 0.6 is 15.9 Å². The lowest BCUT2D eigenvalue weighted by molar-refractivity contribution is -0.113. The van der Waals surface area contributed by atoms with Crippen LogP contribution < -0.4 is 5.73 Å². The minimum absolute atomic E-state index is 0.158. The molecule has 0 bridgehead atoms. The highest BCUT2D eigenvalue weighted by Crippen LogP contribution is 2.28. The van der Waals surface area contributed by atoms with E-state index in [-0.39, 0.29) is 12.0 Å². The van der Waals surface area contributed by atoms with Gasteiger partial charge in [-0.05, 0) is 31.0 Å². The molecule has 5 nitrogen and oxygen atoms in total. The zero-order valence-electron chi connectivity index (χ0n) is 11.8.